The van der Waals surface area contributed by atoms with Crippen molar-refractivity contribution < 1.29 is 4.79 Å². The molecule has 3 aromatic rings. The number of carbonyl (C=O) groups is 1. The summed E-state index contributed by atoms with van der Waals surface area (Å²) >= 11 is 1.69. The van der Waals surface area contributed by atoms with Crippen LogP contribution in [0.1, 0.15) is 36.2 Å². The summed E-state index contributed by atoms with van der Waals surface area (Å²) in [5, 5.41) is 9.56. The van der Waals surface area contributed by atoms with E-state index in [1.54, 1.807) is 11.3 Å². The number of carbonyl (C=O) groups excluding carboxylic acids is 1. The van der Waals surface area contributed by atoms with Gasteiger partial charge in [0.2, 0.25) is 0 Å². The quantitative estimate of drug-likeness (QED) is 0.553. The minimum atomic E-state index is -0.0193. The van der Waals surface area contributed by atoms with Crippen molar-refractivity contribution in [2.45, 2.75) is 33.2 Å². The summed E-state index contributed by atoms with van der Waals surface area (Å²) in [4.78, 5) is 17.2. The molecule has 1 amide bonds. The lowest BCUT2D eigenvalue weighted by Crippen LogP contribution is -2.29. The number of rotatable bonds is 7. The lowest BCUT2D eigenvalue weighted by atomic mass is 10.1. The molecule has 0 saturated carbocycles. The highest BCUT2D eigenvalue weighted by Gasteiger charge is 2.14. The minimum absolute atomic E-state index is 0.0193. The minimum Gasteiger partial charge on any atom is -0.353 e. The SMILES string of the molecule is Cc1ccc(C(=O)NCCCNC(C)C)c2[nH]c(-c3cccs3)cc12. The van der Waals surface area contributed by atoms with E-state index in [-0.39, 0.29) is 5.91 Å². The molecule has 3 N–H and O–H groups in total. The van der Waals surface area contributed by atoms with E-state index in [9.17, 15) is 4.79 Å². The van der Waals surface area contributed by atoms with Gasteiger partial charge in [-0.05, 0) is 49.0 Å². The van der Waals surface area contributed by atoms with Crippen LogP contribution in [0.15, 0.2) is 35.7 Å². The Morgan fingerprint density at radius 1 is 1.24 bits per heavy atom. The number of aromatic nitrogens is 1. The van der Waals surface area contributed by atoms with Crippen molar-refractivity contribution in [3.63, 3.8) is 0 Å². The molecule has 5 heteroatoms. The number of amides is 1. The molecule has 0 aliphatic rings. The molecule has 0 radical (unpaired) electrons. The molecule has 0 fully saturated rings. The van der Waals surface area contributed by atoms with Crippen LogP contribution in [0.25, 0.3) is 21.5 Å². The van der Waals surface area contributed by atoms with Gasteiger partial charge in [-0.15, -0.1) is 11.3 Å². The Labute approximate surface area is 152 Å². The Morgan fingerprint density at radius 3 is 2.80 bits per heavy atom. The van der Waals surface area contributed by atoms with E-state index in [2.05, 4.69) is 53.9 Å². The fourth-order valence-electron chi connectivity index (χ4n) is 2.89. The van der Waals surface area contributed by atoms with Gasteiger partial charge in [0.05, 0.1) is 21.7 Å². The van der Waals surface area contributed by atoms with Crippen molar-refractivity contribution in [1.29, 1.82) is 0 Å². The zero-order chi connectivity index (χ0) is 17.8. The van der Waals surface area contributed by atoms with Gasteiger partial charge in [-0.2, -0.15) is 0 Å². The lowest BCUT2D eigenvalue weighted by Gasteiger charge is -2.09. The van der Waals surface area contributed by atoms with Gasteiger partial charge < -0.3 is 15.6 Å². The molecule has 0 bridgehead atoms. The second-order valence-electron chi connectivity index (χ2n) is 6.60. The van der Waals surface area contributed by atoms with E-state index in [1.165, 1.54) is 10.4 Å². The zero-order valence-electron chi connectivity index (χ0n) is 15.0. The van der Waals surface area contributed by atoms with E-state index in [1.807, 2.05) is 18.2 Å². The van der Waals surface area contributed by atoms with Crippen molar-refractivity contribution in [3.8, 4) is 10.6 Å². The molecule has 0 aliphatic carbocycles. The molecule has 2 aromatic heterocycles. The van der Waals surface area contributed by atoms with Gasteiger partial charge in [0.1, 0.15) is 0 Å². The number of hydrogen-bond acceptors (Lipinski definition) is 3. The van der Waals surface area contributed by atoms with Crippen LogP contribution in [0.4, 0.5) is 0 Å². The number of hydrogen-bond donors (Lipinski definition) is 3. The smallest absolute Gasteiger partial charge is 0.253 e. The normalized spacial score (nSPS) is 11.4. The Hall–Kier alpha value is -2.11. The number of H-pyrrole nitrogens is 1. The van der Waals surface area contributed by atoms with Gasteiger partial charge in [-0.25, -0.2) is 0 Å². The summed E-state index contributed by atoms with van der Waals surface area (Å²) in [5.41, 5.74) is 3.86. The van der Waals surface area contributed by atoms with Crippen LogP contribution < -0.4 is 10.6 Å². The Bertz CT molecular complexity index is 849. The predicted molar refractivity (Wildman–Crippen MR) is 106 cm³/mol. The summed E-state index contributed by atoms with van der Waals surface area (Å²) in [6.45, 7) is 7.91. The van der Waals surface area contributed by atoms with Crippen molar-refractivity contribution in [1.82, 2.24) is 15.6 Å². The van der Waals surface area contributed by atoms with Crippen LogP contribution in [0.2, 0.25) is 0 Å². The Balaban J connectivity index is 1.77. The van der Waals surface area contributed by atoms with Crippen molar-refractivity contribution in [3.05, 3.63) is 46.8 Å². The standard InChI is InChI=1S/C20H25N3OS/c1-13(2)21-9-5-10-22-20(24)15-8-7-14(3)16-12-17(23-19(15)16)18-6-4-11-25-18/h4,6-8,11-13,21,23H,5,9-10H2,1-3H3,(H,22,24). The average Bonchev–Trinajstić information content (AvgIpc) is 3.24. The number of fused-ring (bicyclic) bond motifs is 1. The first-order valence-corrected chi connectivity index (χ1v) is 9.62. The van der Waals surface area contributed by atoms with Crippen molar-refractivity contribution in [2.75, 3.05) is 13.1 Å². The van der Waals surface area contributed by atoms with Crippen LogP contribution in [0.3, 0.4) is 0 Å². The number of aryl methyl sites for hydroxylation is 1. The second-order valence-corrected chi connectivity index (χ2v) is 7.54. The highest BCUT2D eigenvalue weighted by molar-refractivity contribution is 7.13. The summed E-state index contributed by atoms with van der Waals surface area (Å²) in [5.74, 6) is -0.0193. The maximum Gasteiger partial charge on any atom is 0.253 e. The summed E-state index contributed by atoms with van der Waals surface area (Å²) in [7, 11) is 0. The molecule has 1 aromatic carbocycles. The summed E-state index contributed by atoms with van der Waals surface area (Å²) in [6.07, 6.45) is 0.921. The van der Waals surface area contributed by atoms with E-state index in [0.29, 0.717) is 18.2 Å². The van der Waals surface area contributed by atoms with E-state index < -0.39 is 0 Å². The molecule has 2 heterocycles. The zero-order valence-corrected chi connectivity index (χ0v) is 15.8. The summed E-state index contributed by atoms with van der Waals surface area (Å²) < 4.78 is 0. The third-order valence-corrected chi connectivity index (χ3v) is 5.14. The predicted octanol–water partition coefficient (Wildman–Crippen LogP) is 4.32. The van der Waals surface area contributed by atoms with Crippen LogP contribution >= 0.6 is 11.3 Å². The lowest BCUT2D eigenvalue weighted by molar-refractivity contribution is 0.0954. The number of nitrogens with one attached hydrogen (secondary N) is 3. The van der Waals surface area contributed by atoms with Crippen molar-refractivity contribution >= 4 is 28.1 Å². The van der Waals surface area contributed by atoms with Crippen LogP contribution in [0.5, 0.6) is 0 Å². The molecular formula is C20H25N3OS. The van der Waals surface area contributed by atoms with Crippen LogP contribution in [-0.4, -0.2) is 30.0 Å². The van der Waals surface area contributed by atoms with E-state index in [4.69, 9.17) is 0 Å². The molecule has 0 atom stereocenters. The fraction of sp³-hybridized carbons (Fsp3) is 0.350. The molecule has 0 spiro atoms. The number of thiophene rings is 1. The Morgan fingerprint density at radius 2 is 2.08 bits per heavy atom. The molecule has 4 nitrogen and oxygen atoms in total. The molecule has 25 heavy (non-hydrogen) atoms. The summed E-state index contributed by atoms with van der Waals surface area (Å²) in [6, 6.07) is 10.7. The third kappa shape index (κ3) is 4.11. The van der Waals surface area contributed by atoms with E-state index in [0.717, 1.165) is 29.6 Å². The molecule has 0 unspecified atom stereocenters. The third-order valence-electron chi connectivity index (χ3n) is 4.23. The Kier molecular flexibility index (Phi) is 5.56. The van der Waals surface area contributed by atoms with Crippen LogP contribution in [-0.2, 0) is 0 Å². The monoisotopic (exact) mass is 355 g/mol. The second kappa shape index (κ2) is 7.85. The van der Waals surface area contributed by atoms with Gasteiger partial charge in [-0.3, -0.25) is 4.79 Å². The topological polar surface area (TPSA) is 56.9 Å². The van der Waals surface area contributed by atoms with Gasteiger partial charge >= 0.3 is 0 Å². The fourth-order valence-corrected chi connectivity index (χ4v) is 3.59. The first-order valence-electron chi connectivity index (χ1n) is 8.74. The van der Waals surface area contributed by atoms with Gasteiger partial charge in [-0.1, -0.05) is 26.0 Å². The van der Waals surface area contributed by atoms with E-state index >= 15 is 0 Å². The maximum absolute atomic E-state index is 12.6. The first kappa shape index (κ1) is 17.7. The molecule has 0 saturated heterocycles. The molecule has 132 valence electrons. The highest BCUT2D eigenvalue weighted by atomic mass is 32.1. The van der Waals surface area contributed by atoms with Gasteiger partial charge in [0.15, 0.2) is 0 Å². The van der Waals surface area contributed by atoms with Crippen LogP contribution in [0, 0.1) is 6.92 Å². The highest BCUT2D eigenvalue weighted by Crippen LogP contribution is 2.30. The molecule has 0 aliphatic heterocycles. The number of aromatic amines is 1. The van der Waals surface area contributed by atoms with Crippen molar-refractivity contribution in [2.24, 2.45) is 0 Å². The van der Waals surface area contributed by atoms with Gasteiger partial charge in [0.25, 0.3) is 5.91 Å². The molecular weight excluding hydrogens is 330 g/mol. The molecule has 3 rings (SSSR count). The average molecular weight is 356 g/mol. The van der Waals surface area contributed by atoms with Gasteiger partial charge in [0, 0.05) is 18.0 Å². The number of benzene rings is 1. The largest absolute Gasteiger partial charge is 0.353 e. The maximum atomic E-state index is 12.6. The first-order chi connectivity index (χ1) is 12.1.